The summed E-state index contributed by atoms with van der Waals surface area (Å²) in [6.45, 7) is 5.74. The lowest BCUT2D eigenvalue weighted by Crippen LogP contribution is -2.44. The number of rotatable bonds is 1. The number of nitrogens with zero attached hydrogens (tertiary/aromatic N) is 1. The first kappa shape index (κ1) is 10.7. The lowest BCUT2D eigenvalue weighted by molar-refractivity contribution is 0.0314. The highest BCUT2D eigenvalue weighted by molar-refractivity contribution is 5.68. The van der Waals surface area contributed by atoms with Crippen molar-refractivity contribution in [2.45, 2.75) is 32.3 Å². The van der Waals surface area contributed by atoms with Gasteiger partial charge in [0.25, 0.3) is 0 Å². The first-order valence-electron chi connectivity index (χ1n) is 5.93. The quantitative estimate of drug-likeness (QED) is 0.710. The molecule has 0 spiro atoms. The van der Waals surface area contributed by atoms with Gasteiger partial charge in [0.15, 0.2) is 0 Å². The highest BCUT2D eigenvalue weighted by Crippen LogP contribution is 2.17. The van der Waals surface area contributed by atoms with E-state index in [1.807, 2.05) is 4.90 Å². The Kier molecular flexibility index (Phi) is 3.46. The summed E-state index contributed by atoms with van der Waals surface area (Å²) in [5, 5.41) is 3.27. The first-order valence-corrected chi connectivity index (χ1v) is 5.93. The zero-order valence-electron chi connectivity index (χ0n) is 9.37. The van der Waals surface area contributed by atoms with Gasteiger partial charge in [-0.05, 0) is 31.7 Å². The predicted octanol–water partition coefficient (Wildman–Crippen LogP) is 1.22. The van der Waals surface area contributed by atoms with Crippen molar-refractivity contribution in [3.63, 3.8) is 0 Å². The van der Waals surface area contributed by atoms with Crippen LogP contribution in [-0.4, -0.2) is 43.3 Å². The second-order valence-corrected chi connectivity index (χ2v) is 4.59. The van der Waals surface area contributed by atoms with Crippen LogP contribution in [0.1, 0.15) is 26.2 Å². The topological polar surface area (TPSA) is 41.6 Å². The molecule has 2 atom stereocenters. The fourth-order valence-electron chi connectivity index (χ4n) is 2.22. The standard InChI is InChI=1S/C11H20N2O2/c1-9-4-5-12-8-10(9)15-11(14)13-6-2-3-7-13/h9-10,12H,2-8H2,1H3. The summed E-state index contributed by atoms with van der Waals surface area (Å²) in [6.07, 6.45) is 3.28. The van der Waals surface area contributed by atoms with Gasteiger partial charge in [-0.15, -0.1) is 0 Å². The van der Waals surface area contributed by atoms with Gasteiger partial charge in [0.2, 0.25) is 0 Å². The molecule has 0 radical (unpaired) electrons. The second-order valence-electron chi connectivity index (χ2n) is 4.59. The van der Waals surface area contributed by atoms with Crippen molar-refractivity contribution in [1.82, 2.24) is 10.2 Å². The molecule has 4 nitrogen and oxygen atoms in total. The first-order chi connectivity index (χ1) is 7.27. The second kappa shape index (κ2) is 4.84. The van der Waals surface area contributed by atoms with Crippen molar-refractivity contribution >= 4 is 6.09 Å². The molecule has 0 bridgehead atoms. The minimum Gasteiger partial charge on any atom is -0.444 e. The van der Waals surface area contributed by atoms with E-state index in [2.05, 4.69) is 12.2 Å². The molecular weight excluding hydrogens is 192 g/mol. The van der Waals surface area contributed by atoms with Gasteiger partial charge < -0.3 is 15.0 Å². The number of hydrogen-bond donors (Lipinski definition) is 1. The van der Waals surface area contributed by atoms with Gasteiger partial charge in [-0.25, -0.2) is 4.79 Å². The Labute approximate surface area is 91.0 Å². The highest BCUT2D eigenvalue weighted by Gasteiger charge is 2.27. The molecule has 4 heteroatoms. The van der Waals surface area contributed by atoms with E-state index in [1.54, 1.807) is 0 Å². The van der Waals surface area contributed by atoms with E-state index in [1.165, 1.54) is 0 Å². The van der Waals surface area contributed by atoms with E-state index in [-0.39, 0.29) is 12.2 Å². The average Bonchev–Trinajstić information content (AvgIpc) is 2.74. The molecule has 2 heterocycles. The van der Waals surface area contributed by atoms with Crippen LogP contribution in [0.4, 0.5) is 4.79 Å². The summed E-state index contributed by atoms with van der Waals surface area (Å²) in [4.78, 5) is 13.6. The van der Waals surface area contributed by atoms with Crippen molar-refractivity contribution in [1.29, 1.82) is 0 Å². The molecule has 2 rings (SSSR count). The maximum absolute atomic E-state index is 11.7. The Bertz CT molecular complexity index is 227. The van der Waals surface area contributed by atoms with Gasteiger partial charge in [0.1, 0.15) is 6.10 Å². The molecule has 86 valence electrons. The molecule has 1 N–H and O–H groups in total. The largest absolute Gasteiger partial charge is 0.444 e. The number of hydrogen-bond acceptors (Lipinski definition) is 3. The number of carbonyl (C=O) groups is 1. The van der Waals surface area contributed by atoms with Gasteiger partial charge in [-0.1, -0.05) is 6.92 Å². The molecule has 0 aromatic carbocycles. The van der Waals surface area contributed by atoms with E-state index in [0.717, 1.165) is 45.4 Å². The van der Waals surface area contributed by atoms with Gasteiger partial charge in [-0.2, -0.15) is 0 Å². The Hall–Kier alpha value is -0.770. The van der Waals surface area contributed by atoms with E-state index in [4.69, 9.17) is 4.74 Å². The number of amides is 1. The normalized spacial score (nSPS) is 31.7. The monoisotopic (exact) mass is 212 g/mol. The van der Waals surface area contributed by atoms with Crippen LogP contribution in [0.25, 0.3) is 0 Å². The maximum atomic E-state index is 11.7. The van der Waals surface area contributed by atoms with E-state index in [0.29, 0.717) is 5.92 Å². The fraction of sp³-hybridized carbons (Fsp3) is 0.909. The van der Waals surface area contributed by atoms with Gasteiger partial charge in [0, 0.05) is 19.6 Å². The summed E-state index contributed by atoms with van der Waals surface area (Å²) in [6, 6.07) is 0. The molecule has 2 fully saturated rings. The fourth-order valence-corrected chi connectivity index (χ4v) is 2.22. The lowest BCUT2D eigenvalue weighted by Gasteiger charge is -2.30. The number of nitrogens with one attached hydrogen (secondary N) is 1. The minimum absolute atomic E-state index is 0.0619. The summed E-state index contributed by atoms with van der Waals surface area (Å²) in [7, 11) is 0. The zero-order chi connectivity index (χ0) is 10.7. The van der Waals surface area contributed by atoms with Crippen molar-refractivity contribution < 1.29 is 9.53 Å². The van der Waals surface area contributed by atoms with E-state index in [9.17, 15) is 4.79 Å². The predicted molar refractivity (Wildman–Crippen MR) is 57.7 cm³/mol. The zero-order valence-corrected chi connectivity index (χ0v) is 9.37. The molecule has 2 aliphatic rings. The Morgan fingerprint density at radius 3 is 2.80 bits per heavy atom. The van der Waals surface area contributed by atoms with Crippen molar-refractivity contribution in [3.8, 4) is 0 Å². The SMILES string of the molecule is CC1CCNCC1OC(=O)N1CCCC1. The number of carbonyl (C=O) groups excluding carboxylic acids is 1. The molecule has 1 amide bonds. The number of ether oxygens (including phenoxy) is 1. The average molecular weight is 212 g/mol. The van der Waals surface area contributed by atoms with Crippen molar-refractivity contribution in [2.75, 3.05) is 26.2 Å². The van der Waals surface area contributed by atoms with Crippen LogP contribution in [0.15, 0.2) is 0 Å². The molecular formula is C11H20N2O2. The summed E-state index contributed by atoms with van der Waals surface area (Å²) in [5.74, 6) is 0.484. The van der Waals surface area contributed by atoms with Crippen LogP contribution in [0.5, 0.6) is 0 Å². The van der Waals surface area contributed by atoms with Crippen molar-refractivity contribution in [3.05, 3.63) is 0 Å². The van der Waals surface area contributed by atoms with Crippen LogP contribution in [0.3, 0.4) is 0 Å². The Morgan fingerprint density at radius 2 is 2.13 bits per heavy atom. The number of piperidine rings is 1. The van der Waals surface area contributed by atoms with Crippen LogP contribution in [0, 0.1) is 5.92 Å². The van der Waals surface area contributed by atoms with E-state index >= 15 is 0 Å². The van der Waals surface area contributed by atoms with Crippen LogP contribution < -0.4 is 5.32 Å². The minimum atomic E-state index is -0.118. The summed E-state index contributed by atoms with van der Waals surface area (Å²) in [5.41, 5.74) is 0. The highest BCUT2D eigenvalue weighted by atomic mass is 16.6. The molecule has 0 saturated carbocycles. The Morgan fingerprint density at radius 1 is 1.40 bits per heavy atom. The smallest absolute Gasteiger partial charge is 0.410 e. The molecule has 2 aliphatic heterocycles. The van der Waals surface area contributed by atoms with Crippen LogP contribution in [0.2, 0.25) is 0 Å². The lowest BCUT2D eigenvalue weighted by atomic mass is 9.97. The molecule has 0 aromatic rings. The number of likely N-dealkylation sites (tertiary alicyclic amines) is 1. The molecule has 2 saturated heterocycles. The van der Waals surface area contributed by atoms with Gasteiger partial charge in [-0.3, -0.25) is 0 Å². The molecule has 0 aliphatic carbocycles. The van der Waals surface area contributed by atoms with E-state index < -0.39 is 0 Å². The van der Waals surface area contributed by atoms with Crippen molar-refractivity contribution in [2.24, 2.45) is 5.92 Å². The summed E-state index contributed by atoms with van der Waals surface area (Å²) >= 11 is 0. The molecule has 0 aromatic heterocycles. The summed E-state index contributed by atoms with van der Waals surface area (Å²) < 4.78 is 5.51. The van der Waals surface area contributed by atoms with Crippen LogP contribution >= 0.6 is 0 Å². The van der Waals surface area contributed by atoms with Gasteiger partial charge in [0.05, 0.1) is 0 Å². The van der Waals surface area contributed by atoms with Crippen LogP contribution in [-0.2, 0) is 4.74 Å². The Balaban J connectivity index is 1.81. The third-order valence-electron chi connectivity index (χ3n) is 3.37. The third kappa shape index (κ3) is 2.62. The van der Waals surface area contributed by atoms with Gasteiger partial charge >= 0.3 is 6.09 Å². The maximum Gasteiger partial charge on any atom is 0.410 e. The third-order valence-corrected chi connectivity index (χ3v) is 3.37. The molecule has 15 heavy (non-hydrogen) atoms. The molecule has 2 unspecified atom stereocenters.